The van der Waals surface area contributed by atoms with E-state index in [0.717, 1.165) is 0 Å². The number of amides is 1. The van der Waals surface area contributed by atoms with E-state index >= 15 is 0 Å². The van der Waals surface area contributed by atoms with Gasteiger partial charge in [0.15, 0.2) is 11.5 Å². The van der Waals surface area contributed by atoms with E-state index < -0.39 is 0 Å². The van der Waals surface area contributed by atoms with Gasteiger partial charge in [-0.2, -0.15) is 5.26 Å². The Kier molecular flexibility index (Phi) is 4.80. The summed E-state index contributed by atoms with van der Waals surface area (Å²) in [7, 11) is 1.44. The highest BCUT2D eigenvalue weighted by Crippen LogP contribution is 2.27. The van der Waals surface area contributed by atoms with Crippen molar-refractivity contribution in [2.45, 2.75) is 0 Å². The van der Waals surface area contributed by atoms with Gasteiger partial charge in [0.1, 0.15) is 11.6 Å². The predicted molar refractivity (Wildman–Crippen MR) is 75.6 cm³/mol. The monoisotopic (exact) mass is 288 g/mol. The molecule has 1 aromatic rings. The Bertz CT molecular complexity index is 598. The molecule has 0 aliphatic carbocycles. The maximum Gasteiger partial charge on any atom is 0.264 e. The molecule has 0 spiro atoms. The number of ether oxygens (including phenoxy) is 2. The molecule has 6 nitrogen and oxygen atoms in total. The molecule has 1 aromatic carbocycles. The minimum absolute atomic E-state index is 0.00710. The fourth-order valence-electron chi connectivity index (χ4n) is 2.03. The first kappa shape index (κ1) is 14.9. The molecule has 1 amide bonds. The van der Waals surface area contributed by atoms with Crippen molar-refractivity contribution in [2.75, 3.05) is 33.4 Å². The van der Waals surface area contributed by atoms with Gasteiger partial charge in [0.2, 0.25) is 0 Å². The van der Waals surface area contributed by atoms with Gasteiger partial charge < -0.3 is 19.5 Å². The fourth-order valence-corrected chi connectivity index (χ4v) is 2.03. The Hall–Kier alpha value is -2.52. The number of rotatable bonds is 3. The lowest BCUT2D eigenvalue weighted by Gasteiger charge is -2.26. The summed E-state index contributed by atoms with van der Waals surface area (Å²) < 4.78 is 10.2. The third-order valence-corrected chi connectivity index (χ3v) is 3.16. The van der Waals surface area contributed by atoms with Crippen LogP contribution in [0.2, 0.25) is 0 Å². The molecule has 1 aliphatic heterocycles. The van der Waals surface area contributed by atoms with Gasteiger partial charge >= 0.3 is 0 Å². The van der Waals surface area contributed by atoms with Crippen molar-refractivity contribution < 1.29 is 19.4 Å². The molecular formula is C15H16N2O4. The van der Waals surface area contributed by atoms with Crippen LogP contribution in [0.3, 0.4) is 0 Å². The molecule has 1 N–H and O–H groups in total. The first-order valence-corrected chi connectivity index (χ1v) is 6.51. The summed E-state index contributed by atoms with van der Waals surface area (Å²) in [6.45, 7) is 1.93. The number of methoxy groups -OCH3 is 1. The Morgan fingerprint density at radius 1 is 1.48 bits per heavy atom. The first-order chi connectivity index (χ1) is 10.2. The molecule has 21 heavy (non-hydrogen) atoms. The highest BCUT2D eigenvalue weighted by atomic mass is 16.5. The topological polar surface area (TPSA) is 82.8 Å². The molecule has 6 heteroatoms. The molecule has 110 valence electrons. The zero-order valence-corrected chi connectivity index (χ0v) is 11.7. The Morgan fingerprint density at radius 3 is 2.81 bits per heavy atom. The molecule has 0 unspecified atom stereocenters. The smallest absolute Gasteiger partial charge is 0.264 e. The van der Waals surface area contributed by atoms with Crippen molar-refractivity contribution in [1.29, 1.82) is 5.26 Å². The number of benzene rings is 1. The minimum Gasteiger partial charge on any atom is -0.504 e. The minimum atomic E-state index is -0.312. The molecular weight excluding hydrogens is 272 g/mol. The van der Waals surface area contributed by atoms with Crippen molar-refractivity contribution in [2.24, 2.45) is 0 Å². The third-order valence-electron chi connectivity index (χ3n) is 3.16. The number of phenolic OH excluding ortho intramolecular Hbond substituents is 1. The van der Waals surface area contributed by atoms with Crippen LogP contribution in [0, 0.1) is 11.3 Å². The molecule has 0 radical (unpaired) electrons. The van der Waals surface area contributed by atoms with E-state index in [1.807, 2.05) is 6.07 Å². The van der Waals surface area contributed by atoms with Gasteiger partial charge in [-0.25, -0.2) is 0 Å². The Morgan fingerprint density at radius 2 is 2.19 bits per heavy atom. The average molecular weight is 288 g/mol. The second-order valence-corrected chi connectivity index (χ2v) is 4.51. The van der Waals surface area contributed by atoms with E-state index in [0.29, 0.717) is 37.6 Å². The zero-order valence-electron chi connectivity index (χ0n) is 11.7. The van der Waals surface area contributed by atoms with Gasteiger partial charge in [-0.3, -0.25) is 4.79 Å². The molecule has 0 atom stereocenters. The number of aromatic hydroxyl groups is 1. The number of nitriles is 1. The number of hydrogen-bond acceptors (Lipinski definition) is 5. The third kappa shape index (κ3) is 3.52. The van der Waals surface area contributed by atoms with E-state index in [-0.39, 0.29) is 17.2 Å². The SMILES string of the molecule is COc1cc(/C=C(/C#N)C(=O)N2CCOCC2)ccc1O. The van der Waals surface area contributed by atoms with Gasteiger partial charge in [-0.15, -0.1) is 0 Å². The normalized spacial score (nSPS) is 15.4. The second kappa shape index (κ2) is 6.77. The molecule has 1 saturated heterocycles. The fraction of sp³-hybridized carbons (Fsp3) is 0.333. The second-order valence-electron chi connectivity index (χ2n) is 4.51. The van der Waals surface area contributed by atoms with Crippen LogP contribution in [0.1, 0.15) is 5.56 Å². The van der Waals surface area contributed by atoms with Gasteiger partial charge in [0.05, 0.1) is 20.3 Å². The van der Waals surface area contributed by atoms with Crippen LogP contribution in [0.5, 0.6) is 11.5 Å². The van der Waals surface area contributed by atoms with Crippen molar-refractivity contribution in [3.63, 3.8) is 0 Å². The van der Waals surface area contributed by atoms with Crippen molar-refractivity contribution in [1.82, 2.24) is 4.90 Å². The number of phenols is 1. The van der Waals surface area contributed by atoms with Crippen LogP contribution in [0.4, 0.5) is 0 Å². The standard InChI is InChI=1S/C15H16N2O4/c1-20-14-9-11(2-3-13(14)18)8-12(10-16)15(19)17-4-6-21-7-5-17/h2-3,8-9,18H,4-7H2,1H3/b12-8-. The summed E-state index contributed by atoms with van der Waals surface area (Å²) in [5.74, 6) is -0.0135. The number of morpholine rings is 1. The van der Waals surface area contributed by atoms with Crippen LogP contribution in [-0.2, 0) is 9.53 Å². The van der Waals surface area contributed by atoms with E-state index in [4.69, 9.17) is 9.47 Å². The van der Waals surface area contributed by atoms with Gasteiger partial charge in [0, 0.05) is 13.1 Å². The maximum atomic E-state index is 12.3. The summed E-state index contributed by atoms with van der Waals surface area (Å²) in [6.07, 6.45) is 1.49. The number of hydrogen-bond donors (Lipinski definition) is 1. The van der Waals surface area contributed by atoms with Gasteiger partial charge in [-0.1, -0.05) is 6.07 Å². The molecule has 1 heterocycles. The first-order valence-electron chi connectivity index (χ1n) is 6.51. The van der Waals surface area contributed by atoms with E-state index in [2.05, 4.69) is 0 Å². The highest BCUT2D eigenvalue weighted by Gasteiger charge is 2.20. The van der Waals surface area contributed by atoms with Gasteiger partial charge in [0.25, 0.3) is 5.91 Å². The summed E-state index contributed by atoms with van der Waals surface area (Å²) in [5, 5.41) is 18.7. The van der Waals surface area contributed by atoms with Crippen LogP contribution >= 0.6 is 0 Å². The van der Waals surface area contributed by atoms with E-state index in [1.54, 1.807) is 17.0 Å². The molecule has 1 fully saturated rings. The number of nitrogens with zero attached hydrogens (tertiary/aromatic N) is 2. The Labute approximate surface area is 122 Å². The molecule has 0 bridgehead atoms. The van der Waals surface area contributed by atoms with Crippen LogP contribution in [0.25, 0.3) is 6.08 Å². The van der Waals surface area contributed by atoms with E-state index in [1.165, 1.54) is 19.3 Å². The number of carbonyl (C=O) groups excluding carboxylic acids is 1. The van der Waals surface area contributed by atoms with Crippen LogP contribution in [0.15, 0.2) is 23.8 Å². The molecule has 1 aliphatic rings. The molecule has 2 rings (SSSR count). The summed E-state index contributed by atoms with van der Waals surface area (Å²) in [5.41, 5.74) is 0.660. The van der Waals surface area contributed by atoms with Gasteiger partial charge in [-0.05, 0) is 23.8 Å². The summed E-state index contributed by atoms with van der Waals surface area (Å²) in [4.78, 5) is 13.8. The lowest BCUT2D eigenvalue weighted by Crippen LogP contribution is -2.41. The van der Waals surface area contributed by atoms with Crippen molar-refractivity contribution in [3.8, 4) is 17.6 Å². The lowest BCUT2D eigenvalue weighted by atomic mass is 10.1. The van der Waals surface area contributed by atoms with Crippen molar-refractivity contribution in [3.05, 3.63) is 29.3 Å². The number of carbonyl (C=O) groups is 1. The van der Waals surface area contributed by atoms with Crippen LogP contribution in [-0.4, -0.2) is 49.3 Å². The van der Waals surface area contributed by atoms with E-state index in [9.17, 15) is 15.2 Å². The zero-order chi connectivity index (χ0) is 15.2. The summed E-state index contributed by atoms with van der Waals surface area (Å²) in [6, 6.07) is 6.56. The quantitative estimate of drug-likeness (QED) is 0.666. The summed E-state index contributed by atoms with van der Waals surface area (Å²) >= 11 is 0. The lowest BCUT2D eigenvalue weighted by molar-refractivity contribution is -0.130. The predicted octanol–water partition coefficient (Wildman–Crippen LogP) is 1.17. The van der Waals surface area contributed by atoms with Crippen molar-refractivity contribution >= 4 is 12.0 Å². The Balaban J connectivity index is 2.24. The maximum absolute atomic E-state index is 12.3. The highest BCUT2D eigenvalue weighted by molar-refractivity contribution is 6.01. The van der Waals surface area contributed by atoms with Crippen LogP contribution < -0.4 is 4.74 Å². The largest absolute Gasteiger partial charge is 0.504 e. The molecule has 0 saturated carbocycles. The molecule has 0 aromatic heterocycles. The average Bonchev–Trinajstić information content (AvgIpc) is 2.54.